The van der Waals surface area contributed by atoms with Crippen molar-refractivity contribution >= 4 is 17.4 Å². The molecule has 0 saturated carbocycles. The number of benzene rings is 2. The van der Waals surface area contributed by atoms with Crippen LogP contribution < -0.4 is 10.6 Å². The van der Waals surface area contributed by atoms with Crippen molar-refractivity contribution in [1.29, 1.82) is 0 Å². The van der Waals surface area contributed by atoms with Crippen molar-refractivity contribution < 1.29 is 15.0 Å². The van der Waals surface area contributed by atoms with E-state index in [1.165, 1.54) is 23.8 Å². The van der Waals surface area contributed by atoms with Gasteiger partial charge in [0.05, 0.1) is 0 Å². The zero-order valence-electron chi connectivity index (χ0n) is 11.1. The average Bonchev–Trinajstić information content (AvgIpc) is 2.38. The van der Waals surface area contributed by atoms with E-state index in [1.807, 2.05) is 24.3 Å². The molecule has 2 amide bonds. The highest BCUT2D eigenvalue weighted by Crippen LogP contribution is 2.24. The first-order valence-electron chi connectivity index (χ1n) is 6.27. The Kier molecular flexibility index (Phi) is 4.10. The van der Waals surface area contributed by atoms with Gasteiger partial charge in [0, 0.05) is 29.6 Å². The summed E-state index contributed by atoms with van der Waals surface area (Å²) in [5.74, 6) is -0.236. The number of carbonyl (C=O) groups excluding carboxylic acids is 1. The van der Waals surface area contributed by atoms with Crippen LogP contribution in [0.5, 0.6) is 11.5 Å². The first kappa shape index (κ1) is 13.7. The Labute approximate surface area is 116 Å². The molecule has 5 nitrogen and oxygen atoms in total. The smallest absolute Gasteiger partial charge is 0.323 e. The van der Waals surface area contributed by atoms with Crippen molar-refractivity contribution in [3.8, 4) is 11.5 Å². The molecule has 0 fully saturated rings. The minimum Gasteiger partial charge on any atom is -0.508 e. The molecule has 0 saturated heterocycles. The number of anilines is 2. The number of aryl methyl sites for hydroxylation is 1. The number of hydrogen-bond donors (Lipinski definition) is 4. The third-order valence-electron chi connectivity index (χ3n) is 2.78. The quantitative estimate of drug-likeness (QED) is 0.692. The Bertz CT molecular complexity index is 589. The maximum absolute atomic E-state index is 11.8. The number of phenolic OH excluding ortho intramolecular Hbond substituents is 2. The fourth-order valence-corrected chi connectivity index (χ4v) is 1.78. The zero-order chi connectivity index (χ0) is 14.5. The number of phenols is 2. The third kappa shape index (κ3) is 3.65. The third-order valence-corrected chi connectivity index (χ3v) is 2.78. The largest absolute Gasteiger partial charge is 0.508 e. The Morgan fingerprint density at radius 2 is 1.50 bits per heavy atom. The number of hydrogen-bond acceptors (Lipinski definition) is 3. The van der Waals surface area contributed by atoms with E-state index in [2.05, 4.69) is 17.6 Å². The Hall–Kier alpha value is -2.69. The molecule has 0 aliphatic rings. The molecule has 0 atom stereocenters. The summed E-state index contributed by atoms with van der Waals surface area (Å²) in [4.78, 5) is 11.8. The van der Waals surface area contributed by atoms with Gasteiger partial charge in [-0.2, -0.15) is 0 Å². The first-order chi connectivity index (χ1) is 9.56. The molecule has 4 N–H and O–H groups in total. The zero-order valence-corrected chi connectivity index (χ0v) is 11.1. The van der Waals surface area contributed by atoms with Crippen LogP contribution in [-0.2, 0) is 6.42 Å². The second-order valence-corrected chi connectivity index (χ2v) is 4.37. The van der Waals surface area contributed by atoms with E-state index in [0.717, 1.165) is 6.42 Å². The van der Waals surface area contributed by atoms with E-state index in [9.17, 15) is 15.0 Å². The van der Waals surface area contributed by atoms with Gasteiger partial charge in [-0.15, -0.1) is 0 Å². The van der Waals surface area contributed by atoms with E-state index >= 15 is 0 Å². The molecule has 2 rings (SSSR count). The van der Waals surface area contributed by atoms with Crippen molar-refractivity contribution in [2.45, 2.75) is 13.3 Å². The van der Waals surface area contributed by atoms with Gasteiger partial charge in [-0.1, -0.05) is 19.1 Å². The number of aromatic hydroxyl groups is 2. The molecule has 104 valence electrons. The van der Waals surface area contributed by atoms with Crippen molar-refractivity contribution in [3.63, 3.8) is 0 Å². The summed E-state index contributed by atoms with van der Waals surface area (Å²) in [6.07, 6.45) is 0.940. The lowest BCUT2D eigenvalue weighted by Gasteiger charge is -2.09. The summed E-state index contributed by atoms with van der Waals surface area (Å²) in [5, 5.41) is 23.8. The Morgan fingerprint density at radius 1 is 0.950 bits per heavy atom. The maximum atomic E-state index is 11.8. The lowest BCUT2D eigenvalue weighted by molar-refractivity contribution is 0.262. The van der Waals surface area contributed by atoms with Crippen LogP contribution in [0.3, 0.4) is 0 Å². The summed E-state index contributed by atoms with van der Waals surface area (Å²) in [7, 11) is 0. The lowest BCUT2D eigenvalue weighted by atomic mass is 10.1. The van der Waals surface area contributed by atoms with Gasteiger partial charge in [0.15, 0.2) is 0 Å². The van der Waals surface area contributed by atoms with Crippen LogP contribution in [-0.4, -0.2) is 16.2 Å². The van der Waals surface area contributed by atoms with Gasteiger partial charge in [0.2, 0.25) is 0 Å². The van der Waals surface area contributed by atoms with Gasteiger partial charge in [0.1, 0.15) is 11.5 Å². The standard InChI is InChI=1S/C15H16N2O3/c1-2-10-3-5-11(6-4-10)16-15(20)17-12-7-13(18)9-14(19)8-12/h3-9,18-19H,2H2,1H3,(H2,16,17,20). The molecule has 0 aliphatic heterocycles. The van der Waals surface area contributed by atoms with Gasteiger partial charge in [-0.3, -0.25) is 0 Å². The van der Waals surface area contributed by atoms with Crippen LogP contribution >= 0.6 is 0 Å². The molecule has 0 spiro atoms. The molecule has 0 bridgehead atoms. The number of carbonyl (C=O) groups is 1. The molecule has 0 unspecified atom stereocenters. The molecule has 2 aromatic rings. The van der Waals surface area contributed by atoms with E-state index in [-0.39, 0.29) is 11.5 Å². The summed E-state index contributed by atoms with van der Waals surface area (Å²) in [6.45, 7) is 2.06. The van der Waals surface area contributed by atoms with Gasteiger partial charge < -0.3 is 20.8 Å². The summed E-state index contributed by atoms with van der Waals surface area (Å²) in [6, 6.07) is 11.0. The molecule has 20 heavy (non-hydrogen) atoms. The summed E-state index contributed by atoms with van der Waals surface area (Å²) < 4.78 is 0. The molecular formula is C15H16N2O3. The average molecular weight is 272 g/mol. The molecule has 0 aromatic heterocycles. The van der Waals surface area contributed by atoms with E-state index in [1.54, 1.807) is 0 Å². The van der Waals surface area contributed by atoms with Crippen molar-refractivity contribution in [2.24, 2.45) is 0 Å². The van der Waals surface area contributed by atoms with Crippen LogP contribution in [0.25, 0.3) is 0 Å². The highest BCUT2D eigenvalue weighted by molar-refractivity contribution is 5.99. The van der Waals surface area contributed by atoms with Crippen molar-refractivity contribution in [2.75, 3.05) is 10.6 Å². The van der Waals surface area contributed by atoms with E-state index in [4.69, 9.17) is 0 Å². The SMILES string of the molecule is CCc1ccc(NC(=O)Nc2cc(O)cc(O)c2)cc1. The number of urea groups is 1. The Balaban J connectivity index is 2.01. The van der Waals surface area contributed by atoms with Gasteiger partial charge in [-0.25, -0.2) is 4.79 Å². The normalized spacial score (nSPS) is 10.1. The van der Waals surface area contributed by atoms with Crippen LogP contribution in [0.4, 0.5) is 16.2 Å². The predicted octanol–water partition coefficient (Wildman–Crippen LogP) is 3.30. The Morgan fingerprint density at radius 3 is 2.05 bits per heavy atom. The summed E-state index contributed by atoms with van der Waals surface area (Å²) in [5.41, 5.74) is 2.17. The predicted molar refractivity (Wildman–Crippen MR) is 78.2 cm³/mol. The lowest BCUT2D eigenvalue weighted by Crippen LogP contribution is -2.19. The molecule has 0 radical (unpaired) electrons. The number of amides is 2. The fraction of sp³-hybridized carbons (Fsp3) is 0.133. The molecular weight excluding hydrogens is 256 g/mol. The number of rotatable bonds is 3. The topological polar surface area (TPSA) is 81.6 Å². The van der Waals surface area contributed by atoms with Gasteiger partial charge in [-0.05, 0) is 24.1 Å². The monoisotopic (exact) mass is 272 g/mol. The van der Waals surface area contributed by atoms with Crippen molar-refractivity contribution in [1.82, 2.24) is 0 Å². The second-order valence-electron chi connectivity index (χ2n) is 4.37. The highest BCUT2D eigenvalue weighted by Gasteiger charge is 2.05. The van der Waals surface area contributed by atoms with Crippen LogP contribution in [0, 0.1) is 0 Å². The van der Waals surface area contributed by atoms with E-state index < -0.39 is 6.03 Å². The van der Waals surface area contributed by atoms with Gasteiger partial charge >= 0.3 is 6.03 Å². The second kappa shape index (κ2) is 5.97. The van der Waals surface area contributed by atoms with Crippen LogP contribution in [0.2, 0.25) is 0 Å². The maximum Gasteiger partial charge on any atom is 0.323 e. The number of nitrogens with one attached hydrogen (secondary N) is 2. The molecule has 5 heteroatoms. The minimum atomic E-state index is -0.445. The first-order valence-corrected chi connectivity index (χ1v) is 6.27. The molecule has 0 aliphatic carbocycles. The molecule has 0 heterocycles. The van der Waals surface area contributed by atoms with Crippen LogP contribution in [0.15, 0.2) is 42.5 Å². The highest BCUT2D eigenvalue weighted by atomic mass is 16.3. The van der Waals surface area contributed by atoms with Crippen molar-refractivity contribution in [3.05, 3.63) is 48.0 Å². The fourth-order valence-electron chi connectivity index (χ4n) is 1.78. The summed E-state index contributed by atoms with van der Waals surface area (Å²) >= 11 is 0. The minimum absolute atomic E-state index is 0.118. The van der Waals surface area contributed by atoms with E-state index in [0.29, 0.717) is 11.4 Å². The molecule has 2 aromatic carbocycles. The van der Waals surface area contributed by atoms with Crippen LogP contribution in [0.1, 0.15) is 12.5 Å². The van der Waals surface area contributed by atoms with Gasteiger partial charge in [0.25, 0.3) is 0 Å².